The van der Waals surface area contributed by atoms with Gasteiger partial charge in [0.15, 0.2) is 0 Å². The van der Waals surface area contributed by atoms with Crippen LogP contribution in [0.4, 0.5) is 11.4 Å². The number of rotatable bonds is 3. The molecular formula is C16H15N3O. The summed E-state index contributed by atoms with van der Waals surface area (Å²) in [5.74, 6) is -0.0767. The van der Waals surface area contributed by atoms with Gasteiger partial charge < -0.3 is 10.6 Å². The number of anilines is 2. The Morgan fingerprint density at radius 3 is 2.65 bits per heavy atom. The Bertz CT molecular complexity index is 650. The van der Waals surface area contributed by atoms with Crippen LogP contribution in [0.15, 0.2) is 59.6 Å². The highest BCUT2D eigenvalue weighted by Gasteiger charge is 2.15. The van der Waals surface area contributed by atoms with Crippen LogP contribution in [-0.2, 0) is 4.79 Å². The standard InChI is InChI=1S/C16H15N3O/c20-16-11-18-15(10-17-12-6-2-1-3-7-12)13-8-4-5-9-14(13)19-16/h1-9,17H,10-11H2,(H,19,20). The summed E-state index contributed by atoms with van der Waals surface area (Å²) in [5, 5.41) is 6.20. The number of carbonyl (C=O) groups excluding carboxylic acids is 1. The zero-order valence-corrected chi connectivity index (χ0v) is 11.0. The van der Waals surface area contributed by atoms with Crippen LogP contribution in [0, 0.1) is 0 Å². The van der Waals surface area contributed by atoms with E-state index in [0.29, 0.717) is 6.54 Å². The predicted molar refractivity (Wildman–Crippen MR) is 81.4 cm³/mol. The molecule has 1 aliphatic rings. The minimum atomic E-state index is -0.0767. The van der Waals surface area contributed by atoms with Crippen LogP contribution in [0.25, 0.3) is 0 Å². The third-order valence-electron chi connectivity index (χ3n) is 3.16. The fraction of sp³-hybridized carbons (Fsp3) is 0.125. The number of amides is 1. The molecule has 0 saturated carbocycles. The molecule has 0 unspecified atom stereocenters. The summed E-state index contributed by atoms with van der Waals surface area (Å²) in [7, 11) is 0. The van der Waals surface area contributed by atoms with Gasteiger partial charge in [-0.05, 0) is 18.2 Å². The monoisotopic (exact) mass is 265 g/mol. The summed E-state index contributed by atoms with van der Waals surface area (Å²) < 4.78 is 0. The Morgan fingerprint density at radius 2 is 1.80 bits per heavy atom. The maximum atomic E-state index is 11.6. The summed E-state index contributed by atoms with van der Waals surface area (Å²) in [4.78, 5) is 16.0. The Morgan fingerprint density at radius 1 is 1.05 bits per heavy atom. The van der Waals surface area contributed by atoms with Crippen molar-refractivity contribution in [2.24, 2.45) is 4.99 Å². The highest BCUT2D eigenvalue weighted by molar-refractivity contribution is 6.12. The molecule has 3 rings (SSSR count). The van der Waals surface area contributed by atoms with Gasteiger partial charge in [0.05, 0.1) is 12.3 Å². The van der Waals surface area contributed by atoms with Crippen molar-refractivity contribution in [1.82, 2.24) is 0 Å². The first kappa shape index (κ1) is 12.4. The highest BCUT2D eigenvalue weighted by atomic mass is 16.1. The number of hydrogen-bond donors (Lipinski definition) is 2. The van der Waals surface area contributed by atoms with Crippen molar-refractivity contribution in [2.45, 2.75) is 0 Å². The van der Waals surface area contributed by atoms with Gasteiger partial charge in [-0.2, -0.15) is 0 Å². The molecule has 0 atom stereocenters. The van der Waals surface area contributed by atoms with E-state index in [4.69, 9.17) is 0 Å². The number of hydrogen-bond acceptors (Lipinski definition) is 3. The summed E-state index contributed by atoms with van der Waals surface area (Å²) in [5.41, 5.74) is 3.73. The van der Waals surface area contributed by atoms with E-state index in [0.717, 1.165) is 22.6 Å². The van der Waals surface area contributed by atoms with Gasteiger partial charge in [-0.25, -0.2) is 0 Å². The first-order valence-electron chi connectivity index (χ1n) is 6.54. The highest BCUT2D eigenvalue weighted by Crippen LogP contribution is 2.19. The van der Waals surface area contributed by atoms with Crippen molar-refractivity contribution in [3.63, 3.8) is 0 Å². The lowest BCUT2D eigenvalue weighted by Gasteiger charge is -2.11. The van der Waals surface area contributed by atoms with Crippen LogP contribution in [0.1, 0.15) is 5.56 Å². The van der Waals surface area contributed by atoms with Crippen molar-refractivity contribution in [1.29, 1.82) is 0 Å². The number of carbonyl (C=O) groups is 1. The van der Waals surface area contributed by atoms with Crippen LogP contribution >= 0.6 is 0 Å². The van der Waals surface area contributed by atoms with Crippen LogP contribution in [0.2, 0.25) is 0 Å². The van der Waals surface area contributed by atoms with E-state index < -0.39 is 0 Å². The Hall–Kier alpha value is -2.62. The zero-order chi connectivity index (χ0) is 13.8. The van der Waals surface area contributed by atoms with E-state index in [1.165, 1.54) is 0 Å². The third kappa shape index (κ3) is 2.69. The molecule has 20 heavy (non-hydrogen) atoms. The van der Waals surface area contributed by atoms with Crippen molar-refractivity contribution in [2.75, 3.05) is 23.7 Å². The zero-order valence-electron chi connectivity index (χ0n) is 11.0. The van der Waals surface area contributed by atoms with Gasteiger partial charge in [-0.3, -0.25) is 9.79 Å². The molecule has 0 saturated heterocycles. The topological polar surface area (TPSA) is 53.5 Å². The van der Waals surface area contributed by atoms with E-state index in [9.17, 15) is 4.79 Å². The minimum Gasteiger partial charge on any atom is -0.379 e. The van der Waals surface area contributed by atoms with E-state index in [1.54, 1.807) is 0 Å². The maximum Gasteiger partial charge on any atom is 0.246 e. The SMILES string of the molecule is O=C1CN=C(CNc2ccccc2)c2ccccc2N1. The van der Waals surface area contributed by atoms with Crippen LogP contribution < -0.4 is 10.6 Å². The average Bonchev–Trinajstić information content (AvgIpc) is 2.65. The molecule has 2 aromatic rings. The van der Waals surface area contributed by atoms with Gasteiger partial charge in [-0.15, -0.1) is 0 Å². The molecule has 2 aromatic carbocycles. The molecule has 0 aliphatic carbocycles. The smallest absolute Gasteiger partial charge is 0.246 e. The van der Waals surface area contributed by atoms with E-state index in [2.05, 4.69) is 15.6 Å². The van der Waals surface area contributed by atoms with Gasteiger partial charge in [-0.1, -0.05) is 36.4 Å². The second-order valence-corrected chi connectivity index (χ2v) is 4.58. The van der Waals surface area contributed by atoms with E-state index in [-0.39, 0.29) is 12.5 Å². The largest absolute Gasteiger partial charge is 0.379 e. The molecule has 0 aromatic heterocycles. The van der Waals surface area contributed by atoms with Crippen LogP contribution in [0.3, 0.4) is 0 Å². The predicted octanol–water partition coefficient (Wildman–Crippen LogP) is 2.54. The maximum absolute atomic E-state index is 11.6. The number of nitrogens with one attached hydrogen (secondary N) is 2. The summed E-state index contributed by atoms with van der Waals surface area (Å²) in [6.45, 7) is 0.760. The van der Waals surface area contributed by atoms with Crippen LogP contribution in [-0.4, -0.2) is 24.7 Å². The molecule has 0 spiro atoms. The summed E-state index contributed by atoms with van der Waals surface area (Å²) in [6, 6.07) is 17.7. The summed E-state index contributed by atoms with van der Waals surface area (Å²) >= 11 is 0. The van der Waals surface area contributed by atoms with Crippen molar-refractivity contribution >= 4 is 23.0 Å². The molecule has 1 heterocycles. The van der Waals surface area contributed by atoms with Crippen molar-refractivity contribution in [3.8, 4) is 0 Å². The molecule has 0 radical (unpaired) electrons. The molecule has 4 heteroatoms. The number of benzene rings is 2. The number of fused-ring (bicyclic) bond motifs is 1. The van der Waals surface area contributed by atoms with E-state index >= 15 is 0 Å². The van der Waals surface area contributed by atoms with Crippen LogP contribution in [0.5, 0.6) is 0 Å². The quantitative estimate of drug-likeness (QED) is 0.896. The molecule has 1 amide bonds. The van der Waals surface area contributed by atoms with E-state index in [1.807, 2.05) is 54.6 Å². The van der Waals surface area contributed by atoms with Gasteiger partial charge in [0.25, 0.3) is 0 Å². The fourth-order valence-electron chi connectivity index (χ4n) is 2.18. The Kier molecular flexibility index (Phi) is 3.46. The summed E-state index contributed by atoms with van der Waals surface area (Å²) in [6.07, 6.45) is 0. The van der Waals surface area contributed by atoms with Crippen molar-refractivity contribution < 1.29 is 4.79 Å². The van der Waals surface area contributed by atoms with Gasteiger partial charge in [0, 0.05) is 16.9 Å². The number of para-hydroxylation sites is 2. The molecule has 2 N–H and O–H groups in total. The average molecular weight is 265 g/mol. The normalized spacial score (nSPS) is 13.8. The number of nitrogens with zero attached hydrogens (tertiary/aromatic N) is 1. The third-order valence-corrected chi connectivity index (χ3v) is 3.16. The molecule has 0 fully saturated rings. The van der Waals surface area contributed by atoms with Crippen molar-refractivity contribution in [3.05, 3.63) is 60.2 Å². The Labute approximate surface area is 117 Å². The minimum absolute atomic E-state index is 0.0767. The van der Waals surface area contributed by atoms with Gasteiger partial charge >= 0.3 is 0 Å². The lowest BCUT2D eigenvalue weighted by Crippen LogP contribution is -2.15. The van der Waals surface area contributed by atoms with Gasteiger partial charge in [0.2, 0.25) is 5.91 Å². The number of aliphatic imine (C=N–C) groups is 1. The second kappa shape index (κ2) is 5.57. The molecule has 0 bridgehead atoms. The molecular weight excluding hydrogens is 250 g/mol. The second-order valence-electron chi connectivity index (χ2n) is 4.58. The molecule has 100 valence electrons. The number of benzodiazepines with no additional fused rings is 1. The first-order valence-corrected chi connectivity index (χ1v) is 6.54. The molecule has 1 aliphatic heterocycles. The fourth-order valence-corrected chi connectivity index (χ4v) is 2.18. The van der Waals surface area contributed by atoms with Gasteiger partial charge in [0.1, 0.15) is 6.54 Å². The Balaban J connectivity index is 1.83. The first-order chi connectivity index (χ1) is 9.83. The lowest BCUT2D eigenvalue weighted by molar-refractivity contribution is -0.114. The lowest BCUT2D eigenvalue weighted by atomic mass is 10.1. The molecule has 4 nitrogen and oxygen atoms in total.